The van der Waals surface area contributed by atoms with Gasteiger partial charge in [-0.15, -0.1) is 0 Å². The number of Topliss-reactive ketones (excluding diaryl/α,β-unsaturated/α-hetero) is 1. The van der Waals surface area contributed by atoms with E-state index in [9.17, 15) is 4.79 Å². The van der Waals surface area contributed by atoms with Gasteiger partial charge in [-0.25, -0.2) is 0 Å². The fourth-order valence-electron chi connectivity index (χ4n) is 4.97. The van der Waals surface area contributed by atoms with Gasteiger partial charge in [-0.3, -0.25) is 4.79 Å². The highest BCUT2D eigenvalue weighted by Crippen LogP contribution is 2.38. The number of likely N-dealkylation sites (tertiary alicyclic amines) is 1. The standard InChI is InChI=1S/C23H30N2O2/c1-4-19-15(2)24-21-13-17-10-12-25(14-20(17)23(26)22(19)21)11-9-16-5-7-18(27-3)8-6-16/h5-8,17,20,24H,4,9-14H2,1-3H3/t17-,20+/m0/s1. The molecule has 1 aromatic carbocycles. The van der Waals surface area contributed by atoms with Crippen molar-refractivity contribution in [1.29, 1.82) is 0 Å². The molecule has 0 saturated carbocycles. The first-order valence-corrected chi connectivity index (χ1v) is 10.2. The number of piperidine rings is 1. The highest BCUT2D eigenvalue weighted by Gasteiger charge is 2.41. The lowest BCUT2D eigenvalue weighted by Crippen LogP contribution is -2.47. The van der Waals surface area contributed by atoms with Crippen molar-refractivity contribution in [2.75, 3.05) is 26.7 Å². The fraction of sp³-hybridized carbons (Fsp3) is 0.522. The molecule has 144 valence electrons. The Kier molecular flexibility index (Phi) is 5.09. The van der Waals surface area contributed by atoms with Gasteiger partial charge in [0.1, 0.15) is 5.75 Å². The van der Waals surface area contributed by atoms with Crippen molar-refractivity contribution < 1.29 is 9.53 Å². The van der Waals surface area contributed by atoms with E-state index in [0.717, 1.165) is 56.6 Å². The molecule has 2 aliphatic rings. The van der Waals surface area contributed by atoms with Crippen LogP contribution >= 0.6 is 0 Å². The number of aromatic amines is 1. The van der Waals surface area contributed by atoms with Crippen molar-refractivity contribution >= 4 is 5.78 Å². The van der Waals surface area contributed by atoms with Gasteiger partial charge in [0.2, 0.25) is 0 Å². The van der Waals surface area contributed by atoms with Crippen LogP contribution < -0.4 is 4.74 Å². The van der Waals surface area contributed by atoms with Crippen molar-refractivity contribution in [3.05, 3.63) is 52.3 Å². The molecule has 1 aromatic heterocycles. The highest BCUT2D eigenvalue weighted by atomic mass is 16.5. The SMILES string of the molecule is CCc1c(C)[nH]c2c1C(=O)[C@@H]1CN(CCc3ccc(OC)cc3)CC[C@H]1C2. The van der Waals surface area contributed by atoms with E-state index in [-0.39, 0.29) is 5.92 Å². The predicted octanol–water partition coefficient (Wildman–Crippen LogP) is 3.81. The number of ether oxygens (including phenoxy) is 1. The van der Waals surface area contributed by atoms with Crippen molar-refractivity contribution in [2.45, 2.75) is 39.5 Å². The molecule has 0 unspecified atom stereocenters. The number of carbonyl (C=O) groups is 1. The number of rotatable bonds is 5. The minimum Gasteiger partial charge on any atom is -0.497 e. The Bertz CT molecular complexity index is 822. The smallest absolute Gasteiger partial charge is 0.169 e. The molecule has 2 aromatic rings. The highest BCUT2D eigenvalue weighted by molar-refractivity contribution is 6.02. The number of aryl methyl sites for hydroxylation is 1. The van der Waals surface area contributed by atoms with Crippen LogP contribution in [0.3, 0.4) is 0 Å². The van der Waals surface area contributed by atoms with Gasteiger partial charge < -0.3 is 14.6 Å². The molecule has 1 saturated heterocycles. The summed E-state index contributed by atoms with van der Waals surface area (Å²) in [5.74, 6) is 1.96. The van der Waals surface area contributed by atoms with Crippen molar-refractivity contribution in [3.63, 3.8) is 0 Å². The minimum atomic E-state index is 0.169. The number of nitrogens with zero attached hydrogens (tertiary/aromatic N) is 1. The molecular weight excluding hydrogens is 336 g/mol. The maximum absolute atomic E-state index is 13.3. The van der Waals surface area contributed by atoms with Gasteiger partial charge in [-0.2, -0.15) is 0 Å². The average molecular weight is 367 g/mol. The van der Waals surface area contributed by atoms with Gasteiger partial charge in [0, 0.05) is 36.0 Å². The quantitative estimate of drug-likeness (QED) is 0.875. The van der Waals surface area contributed by atoms with Gasteiger partial charge in [0.05, 0.1) is 7.11 Å². The zero-order valence-corrected chi connectivity index (χ0v) is 16.7. The van der Waals surface area contributed by atoms with E-state index in [0.29, 0.717) is 11.7 Å². The zero-order valence-electron chi connectivity index (χ0n) is 16.7. The van der Waals surface area contributed by atoms with Crippen LogP contribution in [0.2, 0.25) is 0 Å². The largest absolute Gasteiger partial charge is 0.497 e. The molecule has 27 heavy (non-hydrogen) atoms. The first-order valence-electron chi connectivity index (χ1n) is 10.2. The fourth-order valence-corrected chi connectivity index (χ4v) is 4.97. The molecule has 1 aliphatic carbocycles. The summed E-state index contributed by atoms with van der Waals surface area (Å²) in [7, 11) is 1.70. The van der Waals surface area contributed by atoms with Gasteiger partial charge >= 0.3 is 0 Å². The monoisotopic (exact) mass is 366 g/mol. The predicted molar refractivity (Wildman–Crippen MR) is 108 cm³/mol. The molecule has 1 N–H and O–H groups in total. The zero-order chi connectivity index (χ0) is 19.0. The number of aromatic nitrogens is 1. The Morgan fingerprint density at radius 2 is 2.04 bits per heavy atom. The molecule has 2 atom stereocenters. The van der Waals surface area contributed by atoms with Gasteiger partial charge in [-0.05, 0) is 68.3 Å². The Balaban J connectivity index is 1.43. The first kappa shape index (κ1) is 18.3. The van der Waals surface area contributed by atoms with Crippen LogP contribution in [-0.2, 0) is 19.3 Å². The number of benzene rings is 1. The second kappa shape index (κ2) is 7.51. The average Bonchev–Trinajstić information content (AvgIpc) is 3.02. The third-order valence-electron chi connectivity index (χ3n) is 6.51. The lowest BCUT2D eigenvalue weighted by atomic mass is 9.72. The second-order valence-electron chi connectivity index (χ2n) is 8.06. The van der Waals surface area contributed by atoms with Crippen molar-refractivity contribution in [1.82, 2.24) is 9.88 Å². The Morgan fingerprint density at radius 1 is 1.26 bits per heavy atom. The van der Waals surface area contributed by atoms with E-state index >= 15 is 0 Å². The topological polar surface area (TPSA) is 45.3 Å². The summed E-state index contributed by atoms with van der Waals surface area (Å²) in [4.78, 5) is 19.3. The van der Waals surface area contributed by atoms with Crippen LogP contribution in [0.4, 0.5) is 0 Å². The van der Waals surface area contributed by atoms with Gasteiger partial charge in [0.25, 0.3) is 0 Å². The normalized spacial score (nSPS) is 22.4. The Hall–Kier alpha value is -2.07. The summed E-state index contributed by atoms with van der Waals surface area (Å²) in [6, 6.07) is 8.32. The Labute approximate surface area is 161 Å². The van der Waals surface area contributed by atoms with E-state index < -0.39 is 0 Å². The molecule has 0 spiro atoms. The van der Waals surface area contributed by atoms with Crippen LogP contribution in [0.25, 0.3) is 0 Å². The summed E-state index contributed by atoms with van der Waals surface area (Å²) in [5, 5.41) is 0. The van der Waals surface area contributed by atoms with E-state index in [4.69, 9.17) is 4.74 Å². The number of nitrogens with one attached hydrogen (secondary N) is 1. The number of ketones is 1. The molecule has 0 radical (unpaired) electrons. The summed E-state index contributed by atoms with van der Waals surface area (Å²) in [6.45, 7) is 7.28. The van der Waals surface area contributed by atoms with E-state index in [1.54, 1.807) is 7.11 Å². The second-order valence-corrected chi connectivity index (χ2v) is 8.06. The first-order chi connectivity index (χ1) is 13.1. The van der Waals surface area contributed by atoms with Crippen LogP contribution in [-0.4, -0.2) is 42.4 Å². The molecule has 1 fully saturated rings. The maximum atomic E-state index is 13.3. The number of methoxy groups -OCH3 is 1. The number of fused-ring (bicyclic) bond motifs is 2. The molecule has 4 heteroatoms. The van der Waals surface area contributed by atoms with Crippen LogP contribution in [0.5, 0.6) is 5.75 Å². The van der Waals surface area contributed by atoms with Gasteiger partial charge in [0.15, 0.2) is 5.78 Å². The molecule has 2 heterocycles. The van der Waals surface area contributed by atoms with E-state index in [2.05, 4.69) is 35.9 Å². The lowest BCUT2D eigenvalue weighted by Gasteiger charge is -2.40. The summed E-state index contributed by atoms with van der Waals surface area (Å²) in [6.07, 6.45) is 4.11. The Morgan fingerprint density at radius 3 is 2.74 bits per heavy atom. The van der Waals surface area contributed by atoms with Gasteiger partial charge in [-0.1, -0.05) is 19.1 Å². The summed E-state index contributed by atoms with van der Waals surface area (Å²) >= 11 is 0. The van der Waals surface area contributed by atoms with Crippen LogP contribution in [0.1, 0.15) is 46.2 Å². The number of carbonyl (C=O) groups excluding carboxylic acids is 1. The van der Waals surface area contributed by atoms with E-state index in [1.807, 2.05) is 12.1 Å². The molecule has 0 bridgehead atoms. The minimum absolute atomic E-state index is 0.169. The van der Waals surface area contributed by atoms with E-state index in [1.165, 1.54) is 22.5 Å². The number of hydrogen-bond donors (Lipinski definition) is 1. The molecule has 4 nitrogen and oxygen atoms in total. The van der Waals surface area contributed by atoms with Crippen molar-refractivity contribution in [2.24, 2.45) is 11.8 Å². The number of hydrogen-bond acceptors (Lipinski definition) is 3. The summed E-state index contributed by atoms with van der Waals surface area (Å²) in [5.41, 5.74) is 5.97. The third kappa shape index (κ3) is 3.43. The summed E-state index contributed by atoms with van der Waals surface area (Å²) < 4.78 is 5.23. The molecule has 0 amide bonds. The molecular formula is C23H30N2O2. The lowest BCUT2D eigenvalue weighted by molar-refractivity contribution is 0.0662. The maximum Gasteiger partial charge on any atom is 0.169 e. The van der Waals surface area contributed by atoms with Crippen LogP contribution in [0, 0.1) is 18.8 Å². The molecule has 1 aliphatic heterocycles. The number of H-pyrrole nitrogens is 1. The third-order valence-corrected chi connectivity index (χ3v) is 6.51. The van der Waals surface area contributed by atoms with Crippen molar-refractivity contribution in [3.8, 4) is 5.75 Å². The molecule has 4 rings (SSSR count). The van der Waals surface area contributed by atoms with Crippen LogP contribution in [0.15, 0.2) is 24.3 Å².